The molecule has 0 saturated carbocycles. The van der Waals surface area contributed by atoms with E-state index in [1.54, 1.807) is 6.07 Å². The fraction of sp³-hybridized carbons (Fsp3) is 0.0952. The third-order valence-corrected chi connectivity index (χ3v) is 5.13. The average Bonchev–Trinajstić information content (AvgIpc) is 3.24. The van der Waals surface area contributed by atoms with Crippen LogP contribution in [0.4, 0.5) is 0 Å². The average molecular weight is 392 g/mol. The van der Waals surface area contributed by atoms with Crippen LogP contribution in [0.3, 0.4) is 0 Å². The Morgan fingerprint density at radius 2 is 1.86 bits per heavy atom. The zero-order valence-electron chi connectivity index (χ0n) is 15.5. The number of nitrogens with one attached hydrogen (secondary N) is 2. The Bertz CT molecular complexity index is 1260. The number of H-pyrrole nitrogens is 2. The van der Waals surface area contributed by atoms with Crippen molar-refractivity contribution in [1.82, 2.24) is 19.7 Å². The lowest BCUT2D eigenvalue weighted by Gasteiger charge is -2.18. The first kappa shape index (κ1) is 17.9. The Morgan fingerprint density at radius 3 is 2.57 bits per heavy atom. The molecule has 0 amide bonds. The molecule has 2 heterocycles. The summed E-state index contributed by atoms with van der Waals surface area (Å²) in [6.45, 7) is 4.14. The number of fused-ring (bicyclic) bond motifs is 1. The van der Waals surface area contributed by atoms with Crippen LogP contribution in [-0.2, 0) is 0 Å². The fourth-order valence-corrected chi connectivity index (χ4v) is 3.64. The van der Waals surface area contributed by atoms with Gasteiger partial charge in [0.2, 0.25) is 0 Å². The molecule has 0 aliphatic heterocycles. The van der Waals surface area contributed by atoms with Crippen molar-refractivity contribution >= 4 is 28.9 Å². The third-order valence-electron chi connectivity index (χ3n) is 4.83. The molecule has 6 nitrogen and oxygen atoms in total. The van der Waals surface area contributed by atoms with Crippen molar-refractivity contribution in [2.24, 2.45) is 0 Å². The van der Waals surface area contributed by atoms with E-state index in [0.29, 0.717) is 15.9 Å². The van der Waals surface area contributed by atoms with Gasteiger partial charge in [0.15, 0.2) is 0 Å². The van der Waals surface area contributed by atoms with E-state index in [1.165, 1.54) is 12.1 Å². The van der Waals surface area contributed by atoms with Gasteiger partial charge in [0.1, 0.15) is 22.0 Å². The van der Waals surface area contributed by atoms with Crippen molar-refractivity contribution in [3.05, 3.63) is 59.9 Å². The van der Waals surface area contributed by atoms with Crippen LogP contribution in [0.15, 0.2) is 55.2 Å². The van der Waals surface area contributed by atoms with E-state index in [-0.39, 0.29) is 11.5 Å². The summed E-state index contributed by atoms with van der Waals surface area (Å²) in [4.78, 5) is 1.95. The number of phenolic OH excluding ortho intramolecular Hbond substituents is 2. The first-order valence-corrected chi connectivity index (χ1v) is 9.09. The fourth-order valence-electron chi connectivity index (χ4n) is 3.37. The summed E-state index contributed by atoms with van der Waals surface area (Å²) in [5.41, 5.74) is 3.94. The largest absolute Gasteiger partial charge is 0.508 e. The molecule has 2 aromatic carbocycles. The van der Waals surface area contributed by atoms with Crippen molar-refractivity contribution in [2.75, 3.05) is 14.1 Å². The summed E-state index contributed by atoms with van der Waals surface area (Å²) in [6, 6.07) is 12.5. The topological polar surface area (TPSA) is 80.2 Å². The summed E-state index contributed by atoms with van der Waals surface area (Å²) < 4.78 is 2.56. The molecule has 0 aliphatic rings. The van der Waals surface area contributed by atoms with E-state index in [1.807, 2.05) is 54.0 Å². The highest BCUT2D eigenvalue weighted by Crippen LogP contribution is 2.40. The van der Waals surface area contributed by atoms with Crippen LogP contribution in [-0.4, -0.2) is 44.0 Å². The molecule has 7 heteroatoms. The van der Waals surface area contributed by atoms with Crippen molar-refractivity contribution in [3.8, 4) is 33.9 Å². The Morgan fingerprint density at radius 1 is 1.07 bits per heavy atom. The van der Waals surface area contributed by atoms with Gasteiger partial charge < -0.3 is 19.7 Å². The predicted molar refractivity (Wildman–Crippen MR) is 115 cm³/mol. The molecule has 0 aliphatic carbocycles. The third kappa shape index (κ3) is 2.76. The smallest absolute Gasteiger partial charge is 0.128 e. The molecule has 0 atom stereocenters. The van der Waals surface area contributed by atoms with Gasteiger partial charge in [-0.3, -0.25) is 10.2 Å². The number of hydrogen-bond acceptors (Lipinski definition) is 4. The molecule has 0 unspecified atom stereocenters. The van der Waals surface area contributed by atoms with Gasteiger partial charge in [-0.15, -0.1) is 0 Å². The maximum absolute atomic E-state index is 10.3. The van der Waals surface area contributed by atoms with E-state index >= 15 is 0 Å². The van der Waals surface area contributed by atoms with Gasteiger partial charge in [-0.2, -0.15) is 0 Å². The van der Waals surface area contributed by atoms with Gasteiger partial charge >= 0.3 is 0 Å². The minimum atomic E-state index is -0.0303. The molecule has 4 rings (SSSR count). The second kappa shape index (κ2) is 6.61. The highest BCUT2D eigenvalue weighted by Gasteiger charge is 2.18. The van der Waals surface area contributed by atoms with Gasteiger partial charge in [-0.1, -0.05) is 30.9 Å². The van der Waals surface area contributed by atoms with Gasteiger partial charge in [-0.05, 0) is 29.8 Å². The van der Waals surface area contributed by atoms with Crippen LogP contribution >= 0.6 is 12.2 Å². The molecule has 0 spiro atoms. The molecular formula is C21H20N4O2S. The molecule has 0 bridgehead atoms. The normalized spacial score (nSPS) is 11.1. The number of aromatic nitrogens is 3. The maximum atomic E-state index is 10.3. The molecule has 2 aromatic heterocycles. The van der Waals surface area contributed by atoms with Gasteiger partial charge in [0.25, 0.3) is 0 Å². The number of nitrogens with zero attached hydrogens (tertiary/aromatic N) is 2. The van der Waals surface area contributed by atoms with Crippen molar-refractivity contribution in [1.29, 1.82) is 0 Å². The minimum absolute atomic E-state index is 0.00157. The highest BCUT2D eigenvalue weighted by atomic mass is 32.1. The van der Waals surface area contributed by atoms with Crippen LogP contribution < -0.4 is 0 Å². The van der Waals surface area contributed by atoms with E-state index in [4.69, 9.17) is 12.2 Å². The highest BCUT2D eigenvalue weighted by molar-refractivity contribution is 7.71. The molecule has 4 N–H and O–H groups in total. The minimum Gasteiger partial charge on any atom is -0.508 e. The molecule has 4 aromatic rings. The number of phenols is 2. The lowest BCUT2D eigenvalue weighted by atomic mass is 9.98. The monoisotopic (exact) mass is 392 g/mol. The second-order valence-corrected chi connectivity index (χ2v) is 7.17. The van der Waals surface area contributed by atoms with Crippen molar-refractivity contribution in [2.45, 2.75) is 0 Å². The van der Waals surface area contributed by atoms with Gasteiger partial charge in [-0.25, -0.2) is 0 Å². The number of hydrogen-bond donors (Lipinski definition) is 4. The molecular weight excluding hydrogens is 372 g/mol. The van der Waals surface area contributed by atoms with E-state index in [0.717, 1.165) is 27.9 Å². The van der Waals surface area contributed by atoms with E-state index in [9.17, 15) is 10.2 Å². The summed E-state index contributed by atoms with van der Waals surface area (Å²) in [7, 11) is 3.90. The number of benzene rings is 2. The second-order valence-electron chi connectivity index (χ2n) is 6.77. The van der Waals surface area contributed by atoms with Gasteiger partial charge in [0, 0.05) is 42.9 Å². The van der Waals surface area contributed by atoms with Crippen LogP contribution in [0.25, 0.3) is 39.1 Å². The summed E-state index contributed by atoms with van der Waals surface area (Å²) in [5.74, 6) is 0.818. The summed E-state index contributed by atoms with van der Waals surface area (Å²) in [5, 5.41) is 27.0. The quantitative estimate of drug-likeness (QED) is 0.378. The van der Waals surface area contributed by atoms with Crippen LogP contribution in [0.5, 0.6) is 11.5 Å². The predicted octanol–water partition coefficient (Wildman–Crippen LogP) is 4.76. The molecule has 0 saturated heterocycles. The molecule has 0 radical (unpaired) electrons. The summed E-state index contributed by atoms with van der Waals surface area (Å²) >= 11 is 5.54. The van der Waals surface area contributed by atoms with Crippen molar-refractivity contribution in [3.63, 3.8) is 0 Å². The first-order chi connectivity index (χ1) is 13.4. The zero-order chi connectivity index (χ0) is 20.0. The van der Waals surface area contributed by atoms with E-state index in [2.05, 4.69) is 16.8 Å². The number of aromatic hydroxyl groups is 2. The molecule has 142 valence electrons. The number of rotatable bonds is 4. The Balaban J connectivity index is 1.97. The standard InChI is InChI=1S/C21H20N4O2S/c1-12(24(2)3)25-10-9-14-15(5-4-6-17(14)25)19-20(22-23-21(19)28)16-8-7-13(26)11-18(16)27/h4-11,26-27H,1H2,2-3H3,(H2,22,23,28). The first-order valence-electron chi connectivity index (χ1n) is 8.68. The van der Waals surface area contributed by atoms with Crippen molar-refractivity contribution < 1.29 is 10.2 Å². The molecule has 0 fully saturated rings. The zero-order valence-corrected chi connectivity index (χ0v) is 16.3. The van der Waals surface area contributed by atoms with Crippen LogP contribution in [0.2, 0.25) is 0 Å². The Labute approximate surface area is 167 Å². The lowest BCUT2D eigenvalue weighted by Crippen LogP contribution is -2.13. The lowest BCUT2D eigenvalue weighted by molar-refractivity contribution is 0.452. The Hall–Kier alpha value is -3.45. The van der Waals surface area contributed by atoms with Crippen LogP contribution in [0, 0.1) is 4.64 Å². The molecule has 28 heavy (non-hydrogen) atoms. The SMILES string of the molecule is C=C(N(C)C)n1ccc2c(-c3c(-c4ccc(O)cc4O)[nH][nH]c3=S)cccc21. The summed E-state index contributed by atoms with van der Waals surface area (Å²) in [6.07, 6.45) is 1.98. The van der Waals surface area contributed by atoms with Crippen LogP contribution in [0.1, 0.15) is 0 Å². The van der Waals surface area contributed by atoms with Gasteiger partial charge in [0.05, 0.1) is 11.2 Å². The number of aromatic amines is 2. The Kier molecular flexibility index (Phi) is 4.24. The maximum Gasteiger partial charge on any atom is 0.128 e. The van der Waals surface area contributed by atoms with E-state index < -0.39 is 0 Å².